The van der Waals surface area contributed by atoms with Gasteiger partial charge in [0.1, 0.15) is 17.7 Å². The van der Waals surface area contributed by atoms with Gasteiger partial charge in [0.2, 0.25) is 11.6 Å². The Morgan fingerprint density at radius 2 is 1.87 bits per heavy atom. The molecule has 9 nitrogen and oxygen atoms in total. The van der Waals surface area contributed by atoms with E-state index in [0.717, 1.165) is 72.6 Å². The number of rotatable bonds is 8. The topological polar surface area (TPSA) is 105 Å². The van der Waals surface area contributed by atoms with Crippen LogP contribution in [-0.2, 0) is 11.2 Å². The molecule has 1 aliphatic carbocycles. The number of anilines is 1. The number of nitrogens with two attached hydrogens (primary N) is 1. The maximum atomic E-state index is 14.0. The lowest BCUT2D eigenvalue weighted by Gasteiger charge is -2.41. The van der Waals surface area contributed by atoms with E-state index in [9.17, 15) is 13.6 Å². The van der Waals surface area contributed by atoms with Crippen molar-refractivity contribution in [2.75, 3.05) is 32.0 Å². The van der Waals surface area contributed by atoms with Crippen molar-refractivity contribution in [3.63, 3.8) is 0 Å². The number of ketones is 1. The quantitative estimate of drug-likeness (QED) is 0.225. The molecular weight excluding hydrogens is 648 g/mol. The lowest BCUT2D eigenvalue weighted by Crippen LogP contribution is -2.52. The van der Waals surface area contributed by atoms with E-state index in [1.54, 1.807) is 6.92 Å². The van der Waals surface area contributed by atoms with Gasteiger partial charge in [0, 0.05) is 31.1 Å². The lowest BCUT2D eigenvalue weighted by molar-refractivity contribution is -0.0778. The van der Waals surface area contributed by atoms with E-state index in [1.807, 2.05) is 18.2 Å². The second-order valence-corrected chi connectivity index (χ2v) is 12.4. The monoisotopic (exact) mass is 677 g/mol. The number of fused-ring (bicyclic) bond motifs is 1. The van der Waals surface area contributed by atoms with E-state index in [4.69, 9.17) is 19.9 Å². The van der Waals surface area contributed by atoms with Gasteiger partial charge in [-0.3, -0.25) is 9.69 Å². The normalized spacial score (nSPS) is 17.1. The number of aromatic nitrogens is 3. The SMILES string of the molecule is Cc1cc(Oc2c(F)cccc2F)ncc1-n1ncc(C(=O)C2=Cc3cc(OC4CCN(C5COC5)CC4)c(Br)cc3C2)c1N. The molecule has 0 radical (unpaired) electrons. The average Bonchev–Trinajstić information content (AvgIpc) is 3.58. The van der Waals surface area contributed by atoms with Crippen LogP contribution >= 0.6 is 15.9 Å². The van der Waals surface area contributed by atoms with Crippen LogP contribution in [-0.4, -0.2) is 63.9 Å². The molecule has 2 aromatic heterocycles. The molecule has 0 bridgehead atoms. The fraction of sp³-hybridized carbons (Fsp3) is 0.303. The van der Waals surface area contributed by atoms with Gasteiger partial charge in [-0.15, -0.1) is 0 Å². The van der Waals surface area contributed by atoms with E-state index < -0.39 is 17.4 Å². The molecule has 2 fully saturated rings. The predicted octanol–water partition coefficient (Wildman–Crippen LogP) is 6.06. The van der Waals surface area contributed by atoms with E-state index in [2.05, 4.69) is 30.9 Å². The van der Waals surface area contributed by atoms with Gasteiger partial charge < -0.3 is 19.9 Å². The molecule has 4 heterocycles. The summed E-state index contributed by atoms with van der Waals surface area (Å²) >= 11 is 3.67. The molecule has 0 atom stereocenters. The van der Waals surface area contributed by atoms with Crippen LogP contribution in [0, 0.1) is 18.6 Å². The minimum absolute atomic E-state index is 0.000102. The summed E-state index contributed by atoms with van der Waals surface area (Å²) in [4.78, 5) is 20.3. The summed E-state index contributed by atoms with van der Waals surface area (Å²) in [6.07, 6.45) is 7.25. The second kappa shape index (κ2) is 12.0. The summed E-state index contributed by atoms with van der Waals surface area (Å²) in [6.45, 7) is 5.39. The molecule has 3 aliphatic rings. The van der Waals surface area contributed by atoms with Crippen molar-refractivity contribution in [2.45, 2.75) is 38.3 Å². The Morgan fingerprint density at radius 3 is 2.56 bits per heavy atom. The van der Waals surface area contributed by atoms with Crippen LogP contribution in [0.25, 0.3) is 11.8 Å². The Bertz CT molecular complexity index is 1810. The number of benzene rings is 2. The van der Waals surface area contributed by atoms with Gasteiger partial charge in [0.15, 0.2) is 17.4 Å². The van der Waals surface area contributed by atoms with Crippen LogP contribution < -0.4 is 15.2 Å². The van der Waals surface area contributed by atoms with Gasteiger partial charge >= 0.3 is 0 Å². The highest BCUT2D eigenvalue weighted by atomic mass is 79.9. The van der Waals surface area contributed by atoms with Crippen molar-refractivity contribution >= 4 is 33.6 Å². The third kappa shape index (κ3) is 5.73. The smallest absolute Gasteiger partial charge is 0.219 e. The largest absolute Gasteiger partial charge is 0.489 e. The first kappa shape index (κ1) is 29.6. The van der Waals surface area contributed by atoms with Crippen LogP contribution in [0.1, 0.15) is 39.9 Å². The first-order valence-corrected chi connectivity index (χ1v) is 15.5. The predicted molar refractivity (Wildman–Crippen MR) is 167 cm³/mol. The Balaban J connectivity index is 1.05. The van der Waals surface area contributed by atoms with Crippen molar-refractivity contribution in [2.24, 2.45) is 0 Å². The molecule has 12 heteroatoms. The van der Waals surface area contributed by atoms with E-state index >= 15 is 0 Å². The van der Waals surface area contributed by atoms with Gasteiger partial charge in [-0.25, -0.2) is 18.4 Å². The minimum atomic E-state index is -0.839. The second-order valence-electron chi connectivity index (χ2n) is 11.5. The summed E-state index contributed by atoms with van der Waals surface area (Å²) in [6, 6.07) is 9.52. The standard InChI is InChI=1S/C33H30BrF2N5O4/c1-18-9-30(45-32-26(35)3-2-4-27(32)36)38-15-28(18)41-33(37)24(14-39-41)31(42)21-10-19-12-25(34)29(13-20(19)11-21)44-23-5-7-40(8-6-23)22-16-43-17-22/h2-4,9,11-15,22-23H,5-8,10,16-17,37H2,1H3. The maximum Gasteiger partial charge on any atom is 0.219 e. The number of likely N-dealkylation sites (tertiary alicyclic amines) is 1. The number of hydrogen-bond donors (Lipinski definition) is 1. The average molecular weight is 679 g/mol. The highest BCUT2D eigenvalue weighted by Gasteiger charge is 2.31. The van der Waals surface area contributed by atoms with Gasteiger partial charge in [0.05, 0.1) is 47.4 Å². The maximum absolute atomic E-state index is 14.0. The molecule has 7 rings (SSSR count). The molecular formula is C33H30BrF2N5O4. The number of halogens is 3. The number of piperidine rings is 1. The fourth-order valence-corrected chi connectivity index (χ4v) is 6.42. The molecule has 45 heavy (non-hydrogen) atoms. The molecule has 0 spiro atoms. The zero-order valence-electron chi connectivity index (χ0n) is 24.4. The molecule has 2 N–H and O–H groups in total. The van der Waals surface area contributed by atoms with Gasteiger partial charge in [-0.05, 0) is 82.7 Å². The molecule has 232 valence electrons. The summed E-state index contributed by atoms with van der Waals surface area (Å²) < 4.78 is 47.4. The number of aryl methyl sites for hydroxylation is 1. The first-order valence-electron chi connectivity index (χ1n) is 14.7. The number of para-hydroxylation sites is 1. The molecule has 2 aromatic carbocycles. The summed E-state index contributed by atoms with van der Waals surface area (Å²) in [5.74, 6) is -1.52. The highest BCUT2D eigenvalue weighted by Crippen LogP contribution is 2.37. The third-order valence-corrected chi connectivity index (χ3v) is 9.19. The Labute approximate surface area is 266 Å². The fourth-order valence-electron chi connectivity index (χ4n) is 5.93. The molecule has 2 saturated heterocycles. The van der Waals surface area contributed by atoms with Crippen molar-refractivity contribution in [1.29, 1.82) is 0 Å². The summed E-state index contributed by atoms with van der Waals surface area (Å²) in [5.41, 5.74) is 10.4. The summed E-state index contributed by atoms with van der Waals surface area (Å²) in [5, 5.41) is 4.35. The number of nitrogen functional groups attached to an aromatic ring is 1. The Morgan fingerprint density at radius 1 is 1.11 bits per heavy atom. The number of allylic oxidation sites excluding steroid dienone is 1. The van der Waals surface area contributed by atoms with Crippen molar-refractivity contribution in [3.8, 4) is 23.1 Å². The van der Waals surface area contributed by atoms with Crippen LogP contribution in [0.3, 0.4) is 0 Å². The molecule has 0 amide bonds. The number of carbonyl (C=O) groups excluding carboxylic acids is 1. The molecule has 2 aliphatic heterocycles. The van der Waals surface area contributed by atoms with Crippen LogP contribution in [0.2, 0.25) is 0 Å². The van der Waals surface area contributed by atoms with Crippen LogP contribution in [0.4, 0.5) is 14.6 Å². The van der Waals surface area contributed by atoms with Crippen LogP contribution in [0.5, 0.6) is 17.4 Å². The number of pyridine rings is 1. The van der Waals surface area contributed by atoms with Gasteiger partial charge in [-0.2, -0.15) is 5.10 Å². The zero-order valence-corrected chi connectivity index (χ0v) is 26.0. The highest BCUT2D eigenvalue weighted by molar-refractivity contribution is 9.10. The van der Waals surface area contributed by atoms with Crippen molar-refractivity contribution < 1.29 is 27.8 Å². The molecule has 0 saturated carbocycles. The van der Waals surface area contributed by atoms with E-state index in [1.165, 1.54) is 29.2 Å². The van der Waals surface area contributed by atoms with Gasteiger partial charge in [0.25, 0.3) is 0 Å². The van der Waals surface area contributed by atoms with E-state index in [-0.39, 0.29) is 29.1 Å². The Kier molecular flexibility index (Phi) is 7.88. The zero-order chi connectivity index (χ0) is 31.2. The third-order valence-electron chi connectivity index (χ3n) is 8.57. The van der Waals surface area contributed by atoms with Gasteiger partial charge in [-0.1, -0.05) is 6.07 Å². The number of carbonyl (C=O) groups is 1. The van der Waals surface area contributed by atoms with E-state index in [0.29, 0.717) is 29.3 Å². The van der Waals surface area contributed by atoms with Crippen molar-refractivity contribution in [3.05, 3.63) is 92.7 Å². The van der Waals surface area contributed by atoms with Crippen LogP contribution in [0.15, 0.2) is 58.8 Å². The number of Topliss-reactive ketones (excluding diaryl/α,β-unsaturated/α-hetero) is 1. The summed E-state index contributed by atoms with van der Waals surface area (Å²) in [7, 11) is 0. The number of ether oxygens (including phenoxy) is 3. The number of nitrogens with zero attached hydrogens (tertiary/aromatic N) is 4. The molecule has 4 aromatic rings. The Hall–Kier alpha value is -4.13. The number of hydrogen-bond acceptors (Lipinski definition) is 8. The lowest BCUT2D eigenvalue weighted by atomic mass is 10.0. The minimum Gasteiger partial charge on any atom is -0.489 e. The van der Waals surface area contributed by atoms with Crippen molar-refractivity contribution in [1.82, 2.24) is 19.7 Å². The first-order chi connectivity index (χ1) is 21.7. The molecule has 0 unspecified atom stereocenters.